The number of piperidine rings is 1. The molecular weight excluding hydrogens is 280 g/mol. The number of hydrogen-bond acceptors (Lipinski definition) is 5. The number of hydrogen-bond donors (Lipinski definition) is 1. The van der Waals surface area contributed by atoms with Crippen molar-refractivity contribution in [1.82, 2.24) is 20.1 Å². The van der Waals surface area contributed by atoms with Crippen molar-refractivity contribution in [3.63, 3.8) is 0 Å². The summed E-state index contributed by atoms with van der Waals surface area (Å²) in [6.45, 7) is 7.54. The summed E-state index contributed by atoms with van der Waals surface area (Å²) in [5, 5.41) is 7.05. The van der Waals surface area contributed by atoms with Crippen molar-refractivity contribution in [2.24, 2.45) is 11.8 Å². The Kier molecular flexibility index (Phi) is 4.11. The minimum Gasteiger partial charge on any atom is -0.464 e. The van der Waals surface area contributed by atoms with E-state index in [0.29, 0.717) is 23.0 Å². The molecule has 2 aromatic heterocycles. The van der Waals surface area contributed by atoms with Gasteiger partial charge in [0.1, 0.15) is 11.2 Å². The summed E-state index contributed by atoms with van der Waals surface area (Å²) in [5.41, 5.74) is 2.99. The quantitative estimate of drug-likeness (QED) is 0.880. The third kappa shape index (κ3) is 2.97. The lowest BCUT2D eigenvalue weighted by molar-refractivity contribution is 0.0594. The van der Waals surface area contributed by atoms with Crippen molar-refractivity contribution < 1.29 is 9.53 Å². The van der Waals surface area contributed by atoms with Crippen LogP contribution in [-0.4, -0.2) is 46.2 Å². The molecule has 0 bridgehead atoms. The van der Waals surface area contributed by atoms with E-state index >= 15 is 0 Å². The van der Waals surface area contributed by atoms with Crippen LogP contribution in [0.15, 0.2) is 12.3 Å². The molecule has 0 aromatic carbocycles. The molecule has 118 valence electrons. The summed E-state index contributed by atoms with van der Waals surface area (Å²) in [5.74, 6) is 0.982. The Balaban J connectivity index is 1.91. The zero-order valence-corrected chi connectivity index (χ0v) is 13.3. The van der Waals surface area contributed by atoms with Gasteiger partial charge in [-0.05, 0) is 29.9 Å². The van der Waals surface area contributed by atoms with E-state index in [4.69, 9.17) is 4.74 Å². The summed E-state index contributed by atoms with van der Waals surface area (Å²) in [6.07, 6.45) is 2.92. The van der Waals surface area contributed by atoms with Crippen LogP contribution in [0.4, 0.5) is 0 Å². The number of methoxy groups -OCH3 is 1. The van der Waals surface area contributed by atoms with E-state index in [1.807, 2.05) is 6.07 Å². The molecule has 3 heterocycles. The van der Waals surface area contributed by atoms with Gasteiger partial charge in [0.25, 0.3) is 0 Å². The number of aromatic amines is 1. The average Bonchev–Trinajstić information content (AvgIpc) is 2.94. The topological polar surface area (TPSA) is 71.1 Å². The molecule has 6 heteroatoms. The first-order valence-electron chi connectivity index (χ1n) is 7.70. The number of rotatable bonds is 3. The molecule has 0 spiro atoms. The van der Waals surface area contributed by atoms with Crippen molar-refractivity contribution in [3.8, 4) is 0 Å². The molecule has 1 N–H and O–H groups in total. The van der Waals surface area contributed by atoms with Crippen molar-refractivity contribution in [2.75, 3.05) is 20.2 Å². The molecule has 1 aliphatic heterocycles. The van der Waals surface area contributed by atoms with Gasteiger partial charge in [0.2, 0.25) is 0 Å². The fourth-order valence-corrected chi connectivity index (χ4v) is 3.50. The normalized spacial score (nSPS) is 22.9. The first kappa shape index (κ1) is 15.0. The zero-order valence-electron chi connectivity index (χ0n) is 13.3. The van der Waals surface area contributed by atoms with Crippen molar-refractivity contribution >= 4 is 17.0 Å². The van der Waals surface area contributed by atoms with Crippen LogP contribution in [0.3, 0.4) is 0 Å². The number of fused-ring (bicyclic) bond motifs is 1. The van der Waals surface area contributed by atoms with E-state index in [1.54, 1.807) is 6.20 Å². The average molecular weight is 302 g/mol. The summed E-state index contributed by atoms with van der Waals surface area (Å²) < 4.78 is 4.80. The number of likely N-dealkylation sites (tertiary alicyclic amines) is 1. The molecule has 1 fully saturated rings. The maximum absolute atomic E-state index is 11.8. The molecule has 0 aliphatic carbocycles. The molecule has 1 aliphatic rings. The van der Waals surface area contributed by atoms with Crippen LogP contribution < -0.4 is 0 Å². The number of carbonyl (C=O) groups excluding carboxylic acids is 1. The van der Waals surface area contributed by atoms with E-state index in [2.05, 4.69) is 33.9 Å². The largest absolute Gasteiger partial charge is 0.464 e. The minimum atomic E-state index is -0.412. The molecule has 2 atom stereocenters. The summed E-state index contributed by atoms with van der Waals surface area (Å²) in [6, 6.07) is 1.82. The molecule has 3 rings (SSSR count). The van der Waals surface area contributed by atoms with E-state index < -0.39 is 5.97 Å². The Morgan fingerprint density at radius 1 is 1.41 bits per heavy atom. The predicted octanol–water partition coefficient (Wildman–Crippen LogP) is 2.22. The molecule has 2 aromatic rings. The van der Waals surface area contributed by atoms with E-state index in [0.717, 1.165) is 30.7 Å². The van der Waals surface area contributed by atoms with Gasteiger partial charge in [-0.3, -0.25) is 10.00 Å². The number of esters is 1. The number of aromatic nitrogens is 3. The SMILES string of the molecule is COC(=O)c1cc(CN2C[C@H](C)C[C@H](C)C2)c2[nH]ncc2n1. The van der Waals surface area contributed by atoms with E-state index in [-0.39, 0.29) is 0 Å². The van der Waals surface area contributed by atoms with Crippen LogP contribution >= 0.6 is 0 Å². The number of nitrogens with one attached hydrogen (secondary N) is 1. The number of nitrogens with zero attached hydrogens (tertiary/aromatic N) is 3. The fourth-order valence-electron chi connectivity index (χ4n) is 3.50. The molecule has 0 saturated carbocycles. The van der Waals surface area contributed by atoms with E-state index in [9.17, 15) is 4.79 Å². The maximum Gasteiger partial charge on any atom is 0.356 e. The van der Waals surface area contributed by atoms with Crippen LogP contribution in [0.2, 0.25) is 0 Å². The standard InChI is InChI=1S/C16H22N4O2/c1-10-4-11(2)8-20(7-10)9-12-5-13(16(21)22-3)18-14-6-17-19-15(12)14/h5-6,10-11H,4,7-9H2,1-3H3,(H,17,19)/t10-,11+. The third-order valence-electron chi connectivity index (χ3n) is 4.23. The van der Waals surface area contributed by atoms with Crippen LogP contribution in [0.5, 0.6) is 0 Å². The fraction of sp³-hybridized carbons (Fsp3) is 0.562. The van der Waals surface area contributed by atoms with Crippen LogP contribution in [0, 0.1) is 11.8 Å². The van der Waals surface area contributed by atoms with Crippen LogP contribution in [-0.2, 0) is 11.3 Å². The number of ether oxygens (including phenoxy) is 1. The Morgan fingerprint density at radius 2 is 2.14 bits per heavy atom. The highest BCUT2D eigenvalue weighted by atomic mass is 16.5. The van der Waals surface area contributed by atoms with Crippen molar-refractivity contribution in [2.45, 2.75) is 26.8 Å². The smallest absolute Gasteiger partial charge is 0.356 e. The highest BCUT2D eigenvalue weighted by molar-refractivity contribution is 5.91. The second kappa shape index (κ2) is 6.04. The number of H-pyrrole nitrogens is 1. The summed E-state index contributed by atoms with van der Waals surface area (Å²) >= 11 is 0. The molecule has 0 amide bonds. The molecule has 6 nitrogen and oxygen atoms in total. The molecular formula is C16H22N4O2. The zero-order chi connectivity index (χ0) is 15.7. The molecule has 0 unspecified atom stereocenters. The van der Waals surface area contributed by atoms with Gasteiger partial charge in [-0.2, -0.15) is 5.10 Å². The van der Waals surface area contributed by atoms with Gasteiger partial charge >= 0.3 is 5.97 Å². The Hall–Kier alpha value is -1.95. The lowest BCUT2D eigenvalue weighted by atomic mass is 9.91. The van der Waals surface area contributed by atoms with Gasteiger partial charge in [-0.25, -0.2) is 9.78 Å². The highest BCUT2D eigenvalue weighted by Gasteiger charge is 2.23. The third-order valence-corrected chi connectivity index (χ3v) is 4.23. The summed E-state index contributed by atoms with van der Waals surface area (Å²) in [7, 11) is 1.37. The first-order valence-corrected chi connectivity index (χ1v) is 7.70. The van der Waals surface area contributed by atoms with Gasteiger partial charge in [0, 0.05) is 19.6 Å². The molecule has 22 heavy (non-hydrogen) atoms. The second-order valence-electron chi connectivity index (χ2n) is 6.43. The molecule has 1 saturated heterocycles. The van der Waals surface area contributed by atoms with Gasteiger partial charge < -0.3 is 4.74 Å². The van der Waals surface area contributed by atoms with E-state index in [1.165, 1.54) is 13.5 Å². The Morgan fingerprint density at radius 3 is 2.82 bits per heavy atom. The van der Waals surface area contributed by atoms with Crippen molar-refractivity contribution in [3.05, 3.63) is 23.5 Å². The predicted molar refractivity (Wildman–Crippen MR) is 83.5 cm³/mol. The first-order chi connectivity index (χ1) is 10.6. The van der Waals surface area contributed by atoms with Crippen molar-refractivity contribution in [1.29, 1.82) is 0 Å². The Labute approximate surface area is 129 Å². The number of carbonyl (C=O) groups is 1. The maximum atomic E-state index is 11.8. The monoisotopic (exact) mass is 302 g/mol. The number of pyridine rings is 1. The van der Waals surface area contributed by atoms with Gasteiger partial charge in [0.15, 0.2) is 0 Å². The van der Waals surface area contributed by atoms with Crippen LogP contribution in [0.1, 0.15) is 36.3 Å². The summed E-state index contributed by atoms with van der Waals surface area (Å²) in [4.78, 5) is 18.5. The molecule has 0 radical (unpaired) electrons. The lowest BCUT2D eigenvalue weighted by Crippen LogP contribution is -2.38. The minimum absolute atomic E-state index is 0.338. The van der Waals surface area contributed by atoms with Gasteiger partial charge in [-0.15, -0.1) is 0 Å². The lowest BCUT2D eigenvalue weighted by Gasteiger charge is -2.35. The highest BCUT2D eigenvalue weighted by Crippen LogP contribution is 2.24. The second-order valence-corrected chi connectivity index (χ2v) is 6.43. The Bertz CT molecular complexity index is 672. The van der Waals surface area contributed by atoms with Gasteiger partial charge in [0.05, 0.1) is 18.8 Å². The van der Waals surface area contributed by atoms with Crippen LogP contribution in [0.25, 0.3) is 11.0 Å². The van der Waals surface area contributed by atoms with Gasteiger partial charge in [-0.1, -0.05) is 13.8 Å².